The molecule has 0 unspecified atom stereocenters. The summed E-state index contributed by atoms with van der Waals surface area (Å²) in [6, 6.07) is 9.21. The number of nitrogens with zero attached hydrogens (tertiary/aromatic N) is 2. The molecule has 0 bridgehead atoms. The Kier molecular flexibility index (Phi) is 5.03. The fourth-order valence-corrected chi connectivity index (χ4v) is 3.80. The van der Waals surface area contributed by atoms with Crippen LogP contribution in [0.4, 0.5) is 0 Å². The molecule has 8 heteroatoms. The summed E-state index contributed by atoms with van der Waals surface area (Å²) in [7, 11) is 3.25. The van der Waals surface area contributed by atoms with E-state index in [1.807, 2.05) is 40.2 Å². The van der Waals surface area contributed by atoms with Crippen molar-refractivity contribution >= 4 is 22.2 Å². The molecule has 7 nitrogen and oxygen atoms in total. The SMILES string of the molecule is COc1ccc(OC)c(-c2cn3c(CC(=O)NCc4ccco4)csc3n2)c1. The molecule has 28 heavy (non-hydrogen) atoms. The number of thiazole rings is 1. The van der Waals surface area contributed by atoms with Crippen LogP contribution in [0.3, 0.4) is 0 Å². The van der Waals surface area contributed by atoms with Crippen LogP contribution in [0.2, 0.25) is 0 Å². The Hall–Kier alpha value is -3.26. The summed E-state index contributed by atoms with van der Waals surface area (Å²) < 4.78 is 17.9. The van der Waals surface area contributed by atoms with Crippen LogP contribution in [0.15, 0.2) is 52.6 Å². The number of hydrogen-bond donors (Lipinski definition) is 1. The molecule has 0 saturated carbocycles. The number of rotatable bonds is 7. The van der Waals surface area contributed by atoms with Crippen molar-refractivity contribution in [2.24, 2.45) is 0 Å². The van der Waals surface area contributed by atoms with Crippen molar-refractivity contribution in [2.45, 2.75) is 13.0 Å². The number of ether oxygens (including phenoxy) is 2. The normalized spacial score (nSPS) is 10.9. The first-order chi connectivity index (χ1) is 13.7. The van der Waals surface area contributed by atoms with Crippen molar-refractivity contribution in [1.82, 2.24) is 14.7 Å². The standard InChI is InChI=1S/C20H19N3O4S/c1-25-14-5-6-18(26-2)16(9-14)17-11-23-13(12-28-20(23)22-17)8-19(24)21-10-15-4-3-7-27-15/h3-7,9,11-12H,8,10H2,1-2H3,(H,21,24). The summed E-state index contributed by atoms with van der Waals surface area (Å²) in [6.45, 7) is 0.370. The lowest BCUT2D eigenvalue weighted by Crippen LogP contribution is -2.24. The van der Waals surface area contributed by atoms with Gasteiger partial charge in [-0.1, -0.05) is 0 Å². The molecule has 1 amide bonds. The molecule has 4 rings (SSSR count). The third kappa shape index (κ3) is 3.59. The number of carbonyl (C=O) groups is 1. The first-order valence-electron chi connectivity index (χ1n) is 8.65. The molecule has 0 fully saturated rings. The van der Waals surface area contributed by atoms with E-state index < -0.39 is 0 Å². The molecule has 3 aromatic heterocycles. The lowest BCUT2D eigenvalue weighted by atomic mass is 10.1. The largest absolute Gasteiger partial charge is 0.497 e. The van der Waals surface area contributed by atoms with E-state index in [0.717, 1.165) is 33.4 Å². The topological polar surface area (TPSA) is 78.0 Å². The lowest BCUT2D eigenvalue weighted by molar-refractivity contribution is -0.120. The van der Waals surface area contributed by atoms with Gasteiger partial charge in [0.2, 0.25) is 5.91 Å². The Balaban J connectivity index is 1.56. The second-order valence-electron chi connectivity index (χ2n) is 6.10. The van der Waals surface area contributed by atoms with Gasteiger partial charge in [-0.05, 0) is 30.3 Å². The summed E-state index contributed by atoms with van der Waals surface area (Å²) in [4.78, 5) is 17.8. The smallest absolute Gasteiger partial charge is 0.226 e. The van der Waals surface area contributed by atoms with Gasteiger partial charge in [0.05, 0.1) is 39.1 Å². The molecule has 0 aliphatic carbocycles. The molecule has 0 saturated heterocycles. The number of fused-ring (bicyclic) bond motifs is 1. The van der Waals surface area contributed by atoms with Crippen molar-refractivity contribution in [1.29, 1.82) is 0 Å². The molecule has 0 atom stereocenters. The van der Waals surface area contributed by atoms with Crippen LogP contribution < -0.4 is 14.8 Å². The molecule has 4 aromatic rings. The fourth-order valence-electron chi connectivity index (χ4n) is 2.93. The van der Waals surface area contributed by atoms with Crippen molar-refractivity contribution in [3.05, 3.63) is 59.6 Å². The van der Waals surface area contributed by atoms with E-state index in [4.69, 9.17) is 13.9 Å². The maximum atomic E-state index is 12.3. The van der Waals surface area contributed by atoms with Gasteiger partial charge < -0.3 is 19.2 Å². The quantitative estimate of drug-likeness (QED) is 0.516. The number of furan rings is 1. The second kappa shape index (κ2) is 7.77. The minimum absolute atomic E-state index is 0.0784. The number of hydrogen-bond acceptors (Lipinski definition) is 6. The van der Waals surface area contributed by atoms with Gasteiger partial charge in [-0.3, -0.25) is 9.20 Å². The molecule has 0 radical (unpaired) electrons. The van der Waals surface area contributed by atoms with Gasteiger partial charge in [0.1, 0.15) is 17.3 Å². The summed E-state index contributed by atoms with van der Waals surface area (Å²) in [5.74, 6) is 2.08. The summed E-state index contributed by atoms with van der Waals surface area (Å²) in [5, 5.41) is 4.81. The van der Waals surface area contributed by atoms with E-state index >= 15 is 0 Å². The predicted octanol–water partition coefficient (Wildman–Crippen LogP) is 3.53. The summed E-state index contributed by atoms with van der Waals surface area (Å²) in [5.41, 5.74) is 2.48. The van der Waals surface area contributed by atoms with Crippen molar-refractivity contribution < 1.29 is 18.7 Å². The number of methoxy groups -OCH3 is 2. The molecule has 3 heterocycles. The monoisotopic (exact) mass is 397 g/mol. The third-order valence-corrected chi connectivity index (χ3v) is 5.24. The van der Waals surface area contributed by atoms with Gasteiger partial charge >= 0.3 is 0 Å². The fraction of sp³-hybridized carbons (Fsp3) is 0.200. The number of carbonyl (C=O) groups excluding carboxylic acids is 1. The zero-order valence-electron chi connectivity index (χ0n) is 15.5. The highest BCUT2D eigenvalue weighted by Gasteiger charge is 2.15. The van der Waals surface area contributed by atoms with Gasteiger partial charge in [-0.25, -0.2) is 4.98 Å². The molecular formula is C20H19N3O4S. The highest BCUT2D eigenvalue weighted by Crippen LogP contribution is 2.34. The summed E-state index contributed by atoms with van der Waals surface area (Å²) >= 11 is 1.49. The van der Waals surface area contributed by atoms with E-state index in [9.17, 15) is 4.79 Å². The number of aromatic nitrogens is 2. The third-order valence-electron chi connectivity index (χ3n) is 4.35. The predicted molar refractivity (Wildman–Crippen MR) is 106 cm³/mol. The zero-order valence-corrected chi connectivity index (χ0v) is 16.3. The van der Waals surface area contributed by atoms with Gasteiger partial charge in [-0.2, -0.15) is 0 Å². The van der Waals surface area contributed by atoms with E-state index in [-0.39, 0.29) is 12.3 Å². The van der Waals surface area contributed by atoms with Crippen LogP contribution in [0.25, 0.3) is 16.2 Å². The maximum absolute atomic E-state index is 12.3. The van der Waals surface area contributed by atoms with Gasteiger partial charge in [0.25, 0.3) is 0 Å². The molecule has 0 aliphatic heterocycles. The van der Waals surface area contributed by atoms with Crippen molar-refractivity contribution in [3.63, 3.8) is 0 Å². The Morgan fingerprint density at radius 2 is 2.18 bits per heavy atom. The number of nitrogens with one attached hydrogen (secondary N) is 1. The first kappa shape index (κ1) is 18.1. The van der Waals surface area contributed by atoms with E-state index in [1.54, 1.807) is 26.5 Å². The van der Waals surface area contributed by atoms with Gasteiger partial charge in [0.15, 0.2) is 4.96 Å². The minimum Gasteiger partial charge on any atom is -0.497 e. The highest BCUT2D eigenvalue weighted by atomic mass is 32.1. The number of imidazole rings is 1. The number of benzene rings is 1. The van der Waals surface area contributed by atoms with Crippen LogP contribution in [-0.4, -0.2) is 29.5 Å². The van der Waals surface area contributed by atoms with Crippen molar-refractivity contribution in [3.8, 4) is 22.8 Å². The molecular weight excluding hydrogens is 378 g/mol. The number of amides is 1. The zero-order chi connectivity index (χ0) is 19.5. The molecule has 0 spiro atoms. The van der Waals surface area contributed by atoms with Crippen molar-refractivity contribution in [2.75, 3.05) is 14.2 Å². The van der Waals surface area contributed by atoms with Crippen LogP contribution in [-0.2, 0) is 17.8 Å². The molecule has 1 aromatic carbocycles. The van der Waals surface area contributed by atoms with E-state index in [1.165, 1.54) is 11.3 Å². The maximum Gasteiger partial charge on any atom is 0.226 e. The molecule has 144 valence electrons. The Morgan fingerprint density at radius 1 is 1.29 bits per heavy atom. The van der Waals surface area contributed by atoms with Crippen LogP contribution in [0.1, 0.15) is 11.5 Å². The lowest BCUT2D eigenvalue weighted by Gasteiger charge is -2.08. The van der Waals surface area contributed by atoms with Crippen LogP contribution >= 0.6 is 11.3 Å². The van der Waals surface area contributed by atoms with E-state index in [0.29, 0.717) is 12.3 Å². The summed E-state index contributed by atoms with van der Waals surface area (Å²) in [6.07, 6.45) is 3.76. The van der Waals surface area contributed by atoms with Gasteiger partial charge in [0, 0.05) is 22.8 Å². The first-order valence-corrected chi connectivity index (χ1v) is 9.53. The molecule has 0 aliphatic rings. The van der Waals surface area contributed by atoms with Gasteiger partial charge in [-0.15, -0.1) is 11.3 Å². The Bertz CT molecular complexity index is 1100. The van der Waals surface area contributed by atoms with Crippen LogP contribution in [0, 0.1) is 0 Å². The average molecular weight is 397 g/mol. The van der Waals surface area contributed by atoms with E-state index in [2.05, 4.69) is 10.3 Å². The highest BCUT2D eigenvalue weighted by molar-refractivity contribution is 7.15. The second-order valence-corrected chi connectivity index (χ2v) is 6.94. The Labute approximate surface area is 165 Å². The minimum atomic E-state index is -0.0784. The average Bonchev–Trinajstić information content (AvgIpc) is 3.44. The Morgan fingerprint density at radius 3 is 2.93 bits per heavy atom. The van der Waals surface area contributed by atoms with Crippen LogP contribution in [0.5, 0.6) is 11.5 Å². The molecule has 1 N–H and O–H groups in total.